The number of benzene rings is 2. The number of nitrogens with zero attached hydrogens (tertiary/aromatic N) is 3. The monoisotopic (exact) mass is 523 g/mol. The van der Waals surface area contributed by atoms with Gasteiger partial charge in [-0.2, -0.15) is 0 Å². The summed E-state index contributed by atoms with van der Waals surface area (Å²) in [4.78, 5) is 24.8. The average Bonchev–Trinajstić information content (AvgIpc) is 2.91. The molecule has 3 aromatic rings. The number of hydrogen-bond donors (Lipinski definition) is 0. The number of ether oxygens (including phenoxy) is 2. The summed E-state index contributed by atoms with van der Waals surface area (Å²) in [7, 11) is 16.4. The fourth-order valence-electron chi connectivity index (χ4n) is 5.16. The maximum Gasteiger partial charge on any atom is 0.573 e. The SMILES string of the molecule is Bc1nc(CN2CC(B)(B)Oc3ccc(-c4c(B)c(B)c(OC(F)(F)F)c(B)c4B)cc3C2=O)nc(B)c1B. The fraction of sp³-hybridized carbons (Fsp3) is 0.190. The summed E-state index contributed by atoms with van der Waals surface area (Å²) in [6, 6.07) is 5.36. The number of carbonyl (C=O) groups is 1. The summed E-state index contributed by atoms with van der Waals surface area (Å²) >= 11 is 0. The first-order chi connectivity index (χ1) is 18.0. The molecule has 1 aliphatic heterocycles. The van der Waals surface area contributed by atoms with E-state index in [1.165, 1.54) is 0 Å². The van der Waals surface area contributed by atoms with E-state index in [-0.39, 0.29) is 18.2 Å². The molecule has 0 N–H and O–H groups in total. The van der Waals surface area contributed by atoms with Crippen molar-refractivity contribution in [1.29, 1.82) is 0 Å². The van der Waals surface area contributed by atoms with E-state index in [9.17, 15) is 18.0 Å². The molecule has 0 atom stereocenters. The second kappa shape index (κ2) is 10.2. The second-order valence-corrected chi connectivity index (χ2v) is 10.9. The first kappa shape index (κ1) is 29.0. The van der Waals surface area contributed by atoms with Gasteiger partial charge in [-0.15, -0.1) is 13.2 Å². The van der Waals surface area contributed by atoms with Crippen LogP contribution in [0.15, 0.2) is 18.2 Å². The fourth-order valence-corrected chi connectivity index (χ4v) is 5.16. The number of alkyl halides is 3. The van der Waals surface area contributed by atoms with E-state index >= 15 is 0 Å². The van der Waals surface area contributed by atoms with Crippen LogP contribution in [-0.2, 0) is 6.54 Å². The van der Waals surface area contributed by atoms with E-state index in [1.807, 2.05) is 45.3 Å². The van der Waals surface area contributed by atoms with Gasteiger partial charge in [-0.25, -0.2) is 9.97 Å². The number of amides is 1. The first-order valence-electron chi connectivity index (χ1n) is 12.8. The van der Waals surface area contributed by atoms with Crippen molar-refractivity contribution in [3.05, 3.63) is 29.6 Å². The van der Waals surface area contributed by atoms with Gasteiger partial charge in [-0.05, 0) is 34.4 Å². The lowest BCUT2D eigenvalue weighted by molar-refractivity contribution is -0.273. The van der Waals surface area contributed by atoms with Crippen LogP contribution in [-0.4, -0.2) is 110 Å². The molecule has 2 heterocycles. The summed E-state index contributed by atoms with van der Waals surface area (Å²) in [5.74, 6) is 0.594. The second-order valence-electron chi connectivity index (χ2n) is 10.9. The zero-order valence-corrected chi connectivity index (χ0v) is 23.8. The molecule has 0 radical (unpaired) electrons. The van der Waals surface area contributed by atoms with E-state index in [0.717, 1.165) is 22.2 Å². The van der Waals surface area contributed by atoms with Crippen molar-refractivity contribution in [3.8, 4) is 22.6 Å². The quantitative estimate of drug-likeness (QED) is 0.319. The summed E-state index contributed by atoms with van der Waals surface area (Å²) in [6.45, 7) is 0.544. The Morgan fingerprint density at radius 1 is 0.923 bits per heavy atom. The van der Waals surface area contributed by atoms with E-state index in [1.54, 1.807) is 48.4 Å². The predicted molar refractivity (Wildman–Crippen MR) is 173 cm³/mol. The molecule has 6 nitrogen and oxygen atoms in total. The molecule has 1 amide bonds. The minimum Gasteiger partial charge on any atom is -0.503 e. The summed E-state index contributed by atoms with van der Waals surface area (Å²) < 4.78 is 49.9. The van der Waals surface area contributed by atoms with Crippen LogP contribution in [0, 0.1) is 0 Å². The lowest BCUT2D eigenvalue weighted by Gasteiger charge is -2.30. The highest BCUT2D eigenvalue weighted by Gasteiger charge is 2.35. The molecule has 190 valence electrons. The Kier molecular flexibility index (Phi) is 7.55. The van der Waals surface area contributed by atoms with Crippen molar-refractivity contribution in [3.63, 3.8) is 0 Å². The van der Waals surface area contributed by atoms with Crippen LogP contribution in [0.5, 0.6) is 11.5 Å². The number of aromatic nitrogens is 2. The van der Waals surface area contributed by atoms with E-state index < -0.39 is 11.8 Å². The molecule has 0 spiro atoms. The van der Waals surface area contributed by atoms with Crippen molar-refractivity contribution < 1.29 is 27.4 Å². The highest BCUT2D eigenvalue weighted by molar-refractivity contribution is 6.61. The molecule has 2 aromatic carbocycles. The van der Waals surface area contributed by atoms with Crippen molar-refractivity contribution in [1.82, 2.24) is 14.9 Å². The molecule has 0 bridgehead atoms. The number of halogens is 3. The smallest absolute Gasteiger partial charge is 0.503 e. The zero-order chi connectivity index (χ0) is 29.0. The third-order valence-electron chi connectivity index (χ3n) is 7.53. The molecule has 0 saturated heterocycles. The topological polar surface area (TPSA) is 64.6 Å². The predicted octanol–water partition coefficient (Wildman–Crippen LogP) is -10.2. The summed E-state index contributed by atoms with van der Waals surface area (Å²) in [5, 5.41) is -0.674. The standard InChI is InChI=1S/C21H25B9F3N3O3/c22-11-10(12(23)14(25)16(13(11)24)39-21(31,32)33)6-1-2-8-7(3-6)19(37)36(5-20(29,30)38-8)4-9-34-17(27)15(26)18(28)35-9/h1-3H,4-5,22-30H2. The van der Waals surface area contributed by atoms with Crippen LogP contribution < -0.4 is 48.0 Å². The van der Waals surface area contributed by atoms with Crippen LogP contribution in [0.2, 0.25) is 0 Å². The molecule has 1 aromatic heterocycles. The van der Waals surface area contributed by atoms with Crippen LogP contribution in [0.3, 0.4) is 0 Å². The van der Waals surface area contributed by atoms with Crippen LogP contribution in [0.25, 0.3) is 11.1 Å². The Morgan fingerprint density at radius 2 is 1.49 bits per heavy atom. The van der Waals surface area contributed by atoms with Crippen molar-refractivity contribution >= 4 is 115 Å². The molecule has 0 saturated carbocycles. The molecular weight excluding hydrogens is 497 g/mol. The number of hydrogen-bond acceptors (Lipinski definition) is 5. The third-order valence-corrected chi connectivity index (χ3v) is 7.53. The van der Waals surface area contributed by atoms with Gasteiger partial charge in [-0.1, -0.05) is 33.4 Å². The van der Waals surface area contributed by atoms with Crippen LogP contribution in [0.1, 0.15) is 16.2 Å². The first-order valence-corrected chi connectivity index (χ1v) is 12.8. The number of fused-ring (bicyclic) bond motifs is 1. The summed E-state index contributed by atoms with van der Waals surface area (Å²) in [5.41, 5.74) is 6.69. The average molecular weight is 522 g/mol. The lowest BCUT2D eigenvalue weighted by Crippen LogP contribution is -2.49. The maximum absolute atomic E-state index is 13.9. The van der Waals surface area contributed by atoms with Crippen molar-refractivity contribution in [2.45, 2.75) is 18.3 Å². The van der Waals surface area contributed by atoms with E-state index in [2.05, 4.69) is 14.7 Å². The van der Waals surface area contributed by atoms with E-state index in [0.29, 0.717) is 51.1 Å². The van der Waals surface area contributed by atoms with Crippen LogP contribution >= 0.6 is 0 Å². The molecule has 0 fully saturated rings. The van der Waals surface area contributed by atoms with Gasteiger partial charge in [0.25, 0.3) is 5.91 Å². The van der Waals surface area contributed by atoms with Crippen molar-refractivity contribution in [2.24, 2.45) is 0 Å². The number of carbonyl (C=O) groups excluding carboxylic acids is 1. The van der Waals surface area contributed by atoms with Gasteiger partial charge >= 0.3 is 6.36 Å². The van der Waals surface area contributed by atoms with E-state index in [4.69, 9.17) is 4.74 Å². The highest BCUT2D eigenvalue weighted by atomic mass is 19.4. The molecular formula is C21H25B9F3N3O3. The van der Waals surface area contributed by atoms with Gasteiger partial charge in [0.15, 0.2) is 15.7 Å². The minimum absolute atomic E-state index is 0.188. The Morgan fingerprint density at radius 3 is 2.03 bits per heavy atom. The molecule has 0 unspecified atom stereocenters. The molecule has 18 heteroatoms. The Balaban J connectivity index is 1.80. The maximum atomic E-state index is 13.9. The Hall–Kier alpha value is -3.04. The third kappa shape index (κ3) is 5.80. The zero-order valence-electron chi connectivity index (χ0n) is 23.8. The van der Waals surface area contributed by atoms with Gasteiger partial charge in [-0.3, -0.25) is 4.79 Å². The van der Waals surface area contributed by atoms with Crippen molar-refractivity contribution in [2.75, 3.05) is 6.54 Å². The molecule has 39 heavy (non-hydrogen) atoms. The van der Waals surface area contributed by atoms with Crippen LogP contribution in [0.4, 0.5) is 13.2 Å². The Bertz CT molecular complexity index is 1450. The largest absolute Gasteiger partial charge is 0.573 e. The summed E-state index contributed by atoms with van der Waals surface area (Å²) in [6.07, 6.45) is -4.79. The van der Waals surface area contributed by atoms with Gasteiger partial charge in [0.05, 0.1) is 17.5 Å². The van der Waals surface area contributed by atoms with Gasteiger partial charge in [0.1, 0.15) is 72.2 Å². The lowest BCUT2D eigenvalue weighted by atomic mass is 9.65. The van der Waals surface area contributed by atoms with Gasteiger partial charge < -0.3 is 14.4 Å². The minimum atomic E-state index is -4.79. The normalized spacial score (nSPS) is 14.8. The molecule has 0 aliphatic carbocycles. The van der Waals surface area contributed by atoms with Gasteiger partial charge in [0.2, 0.25) is 0 Å². The molecule has 1 aliphatic rings. The van der Waals surface area contributed by atoms with Gasteiger partial charge in [0, 0.05) is 6.54 Å². The highest BCUT2D eigenvalue weighted by Crippen LogP contribution is 2.31. The Labute approximate surface area is 234 Å². The molecule has 4 rings (SSSR count). The number of rotatable bonds is 4.